The first-order chi connectivity index (χ1) is 36.3. The van der Waals surface area contributed by atoms with Crippen LogP contribution in [0, 0.1) is 29.6 Å². The Balaban J connectivity index is 0.000000169. The molecule has 4 fully saturated rings. The molecular weight excluding hydrogens is 998 g/mol. The van der Waals surface area contributed by atoms with E-state index in [2.05, 4.69) is 84.5 Å². The largest absolute Gasteiger partial charge is 0.418 e. The number of anilines is 5. The summed E-state index contributed by atoms with van der Waals surface area (Å²) in [5.41, 5.74) is 7.58. The minimum absolute atomic E-state index is 0.00927. The van der Waals surface area contributed by atoms with Crippen molar-refractivity contribution in [2.24, 2.45) is 0 Å². The zero-order chi connectivity index (χ0) is 54.4. The molecule has 402 valence electrons. The van der Waals surface area contributed by atoms with Crippen molar-refractivity contribution in [2.45, 2.75) is 121 Å². The van der Waals surface area contributed by atoms with E-state index in [9.17, 15) is 32.2 Å². The quantitative estimate of drug-likeness (QED) is 0.133. The normalized spacial score (nSPS) is 17.3. The Morgan fingerprint density at radius 1 is 0.671 bits per heavy atom. The summed E-state index contributed by atoms with van der Waals surface area (Å²) < 4.78 is 57.0. The zero-order valence-corrected chi connectivity index (χ0v) is 44.7. The molecule has 0 spiro atoms. The minimum atomic E-state index is -4.58. The van der Waals surface area contributed by atoms with Crippen molar-refractivity contribution in [2.75, 3.05) is 79.5 Å². The predicted octanol–water partition coefficient (Wildman–Crippen LogP) is 7.48. The Morgan fingerprint density at radius 2 is 1.14 bits per heavy atom. The fourth-order valence-corrected chi connectivity index (χ4v) is 11.0. The summed E-state index contributed by atoms with van der Waals surface area (Å²) in [6.07, 6.45) is 10.5. The van der Waals surface area contributed by atoms with Crippen LogP contribution in [0.25, 0.3) is 22.1 Å². The number of rotatable bonds is 9. The minimum Gasteiger partial charge on any atom is -0.384 e. The Kier molecular flexibility index (Phi) is 17.3. The van der Waals surface area contributed by atoms with Crippen LogP contribution in [0.5, 0.6) is 0 Å². The van der Waals surface area contributed by atoms with Crippen LogP contribution >= 0.6 is 0 Å². The van der Waals surface area contributed by atoms with Gasteiger partial charge in [-0.05, 0) is 90.1 Å². The molecule has 2 aliphatic heterocycles. The van der Waals surface area contributed by atoms with Crippen molar-refractivity contribution >= 4 is 61.8 Å². The monoisotopic (exact) mass is 1060 g/mol. The van der Waals surface area contributed by atoms with Gasteiger partial charge >= 0.3 is 6.18 Å². The van der Waals surface area contributed by atoms with Gasteiger partial charge in [0, 0.05) is 106 Å². The lowest BCUT2D eigenvalue weighted by atomic mass is 10.1. The molecule has 2 saturated carbocycles. The number of alkyl halides is 3. The third kappa shape index (κ3) is 12.4. The molecular formula is C53H65F3N16O3S. The van der Waals surface area contributed by atoms with E-state index in [-0.39, 0.29) is 51.4 Å². The Labute approximate surface area is 442 Å². The van der Waals surface area contributed by atoms with Crippen LogP contribution in [0.2, 0.25) is 0 Å². The molecule has 8 heterocycles. The molecule has 23 heteroatoms. The highest BCUT2D eigenvalue weighted by molar-refractivity contribution is 7.84. The summed E-state index contributed by atoms with van der Waals surface area (Å²) in [5.74, 6) is 0.573. The number of aryl methyl sites for hydroxylation is 1. The van der Waals surface area contributed by atoms with Crippen LogP contribution in [0.1, 0.15) is 113 Å². The highest BCUT2D eigenvalue weighted by Gasteiger charge is 2.37. The van der Waals surface area contributed by atoms with Gasteiger partial charge in [0.15, 0.2) is 0 Å². The summed E-state index contributed by atoms with van der Waals surface area (Å²) >= 11 is 0. The van der Waals surface area contributed by atoms with Crippen molar-refractivity contribution in [3.8, 4) is 12.1 Å². The summed E-state index contributed by atoms with van der Waals surface area (Å²) in [6, 6.07) is 10.7. The Hall–Kier alpha value is -7.08. The van der Waals surface area contributed by atoms with Gasteiger partial charge < -0.3 is 20.9 Å². The van der Waals surface area contributed by atoms with Crippen molar-refractivity contribution < 1.29 is 17.4 Å². The van der Waals surface area contributed by atoms with E-state index in [4.69, 9.17) is 11.0 Å². The van der Waals surface area contributed by atoms with Gasteiger partial charge in [-0.3, -0.25) is 32.7 Å². The molecule has 0 bridgehead atoms. The Bertz CT molecular complexity index is 3290. The van der Waals surface area contributed by atoms with E-state index < -0.39 is 28.1 Å². The highest BCUT2D eigenvalue weighted by Crippen LogP contribution is 2.39. The number of halogens is 3. The summed E-state index contributed by atoms with van der Waals surface area (Å²) in [7, 11) is -1.31. The first-order valence-electron chi connectivity index (χ1n) is 25.9. The van der Waals surface area contributed by atoms with Gasteiger partial charge in [-0.15, -0.1) is 0 Å². The van der Waals surface area contributed by atoms with Crippen molar-refractivity contribution in [1.82, 2.24) is 48.8 Å². The number of nitriles is 2. The van der Waals surface area contributed by atoms with E-state index in [0.717, 1.165) is 83.6 Å². The van der Waals surface area contributed by atoms with E-state index in [1.807, 2.05) is 24.4 Å². The number of hydrogen-bond acceptors (Lipinski definition) is 17. The number of fused-ring (bicyclic) bond motifs is 2. The maximum absolute atomic E-state index is 14.1. The first kappa shape index (κ1) is 55.2. The third-order valence-electron chi connectivity index (χ3n) is 14.7. The second-order valence-corrected chi connectivity index (χ2v) is 21.5. The second-order valence-electron chi connectivity index (χ2n) is 20.3. The van der Waals surface area contributed by atoms with E-state index in [1.165, 1.54) is 52.8 Å². The number of nitrogens with one attached hydrogen (secondary N) is 1. The van der Waals surface area contributed by atoms with Gasteiger partial charge in [-0.2, -0.15) is 28.7 Å². The molecule has 10 rings (SSSR count). The Morgan fingerprint density at radius 3 is 1.61 bits per heavy atom. The number of nitrogens with zero attached hydrogens (tertiary/aromatic N) is 14. The SMILES string of the molecule is CC(C)N1CCN(c2cnc(Nc3ncc4cc(C#N)c(=O)n(C5CCCC5)c4n3)cc2C(F)(F)F)CC1.CS(=O)c1ncc2cc(C#N)c(=O)n(C3CCCC3)c2n1.Cc1cc(N)ncc1N1CCN(C(C)C)CC1. The fraction of sp³-hybridized carbons (Fsp3) is 0.509. The van der Waals surface area contributed by atoms with Crippen LogP contribution in [0.15, 0.2) is 63.8 Å². The molecule has 4 aliphatic rings. The average molecular weight is 1060 g/mol. The van der Waals surface area contributed by atoms with Crippen LogP contribution in [0.4, 0.5) is 42.1 Å². The number of aromatic nitrogens is 8. The molecule has 76 heavy (non-hydrogen) atoms. The van der Waals surface area contributed by atoms with Gasteiger partial charge in [0.05, 0.1) is 40.1 Å². The lowest BCUT2D eigenvalue weighted by Crippen LogP contribution is -2.49. The average Bonchev–Trinajstić information content (AvgIpc) is 4.16. The molecule has 19 nitrogen and oxygen atoms in total. The molecule has 0 amide bonds. The van der Waals surface area contributed by atoms with E-state index in [0.29, 0.717) is 66.1 Å². The molecule has 1 unspecified atom stereocenters. The number of hydrogen-bond donors (Lipinski definition) is 2. The number of nitrogens with two attached hydrogens (primary N) is 1. The maximum Gasteiger partial charge on any atom is 0.418 e. The van der Waals surface area contributed by atoms with Crippen LogP contribution in [-0.4, -0.2) is 124 Å². The summed E-state index contributed by atoms with van der Waals surface area (Å²) in [6.45, 7) is 17.5. The predicted molar refractivity (Wildman–Crippen MR) is 288 cm³/mol. The van der Waals surface area contributed by atoms with Gasteiger partial charge in [-0.25, -0.2) is 24.9 Å². The number of nitrogen functional groups attached to an aromatic ring is 1. The second kappa shape index (κ2) is 23.9. The van der Waals surface area contributed by atoms with Gasteiger partial charge in [0.1, 0.15) is 46.2 Å². The maximum atomic E-state index is 14.1. The van der Waals surface area contributed by atoms with Gasteiger partial charge in [-0.1, -0.05) is 25.7 Å². The van der Waals surface area contributed by atoms with Crippen LogP contribution < -0.4 is 32.0 Å². The standard InChI is InChI=1S/C26H29F3N8O.C14H14N4O2S.C13H22N4/c1-16(2)35-7-9-36(10-8-35)21-15-31-22(12-20(21)26(27,28)29)33-25-32-14-18-11-17(13-30)24(38)37(23(18)34-25)19-5-3-4-6-19;1-21(20)14-16-8-10-6-9(7-15)13(19)18(12(10)17-14)11-4-2-3-5-11;1-10(2)16-4-6-17(7-5-16)12-9-15-13(14)8-11(12)3/h11-12,14-16,19H,3-10H2,1-2H3,(H,31,32,33,34);6,8,11H,2-5H2,1H3;8-10H,4-7H2,1-3H3,(H2,14,15). The molecule has 2 saturated heterocycles. The summed E-state index contributed by atoms with van der Waals surface area (Å²) in [5, 5.41) is 22.7. The van der Waals surface area contributed by atoms with Crippen molar-refractivity contribution in [3.05, 3.63) is 92.0 Å². The van der Waals surface area contributed by atoms with Crippen LogP contribution in [0.3, 0.4) is 0 Å². The van der Waals surface area contributed by atoms with Crippen molar-refractivity contribution in [3.63, 3.8) is 0 Å². The number of piperazine rings is 2. The molecule has 0 aromatic carbocycles. The molecule has 2 aliphatic carbocycles. The highest BCUT2D eigenvalue weighted by atomic mass is 32.2. The lowest BCUT2D eigenvalue weighted by Gasteiger charge is -2.38. The molecule has 1 atom stereocenters. The fourth-order valence-electron chi connectivity index (χ4n) is 10.6. The molecule has 3 N–H and O–H groups in total. The molecule has 0 radical (unpaired) electrons. The molecule has 6 aromatic heterocycles. The lowest BCUT2D eigenvalue weighted by molar-refractivity contribution is -0.137. The molecule has 6 aromatic rings. The zero-order valence-electron chi connectivity index (χ0n) is 43.8. The van der Waals surface area contributed by atoms with Crippen molar-refractivity contribution in [1.29, 1.82) is 10.5 Å². The van der Waals surface area contributed by atoms with Crippen LogP contribution in [-0.2, 0) is 17.0 Å². The van der Waals surface area contributed by atoms with Gasteiger partial charge in [0.2, 0.25) is 11.1 Å². The summed E-state index contributed by atoms with van der Waals surface area (Å²) in [4.78, 5) is 59.8. The topological polar surface area (TPSA) is 237 Å². The van der Waals surface area contributed by atoms with E-state index >= 15 is 0 Å². The first-order valence-corrected chi connectivity index (χ1v) is 27.4. The van der Waals surface area contributed by atoms with E-state index in [1.54, 1.807) is 9.47 Å². The smallest absolute Gasteiger partial charge is 0.384 e. The third-order valence-corrected chi connectivity index (χ3v) is 15.4. The van der Waals surface area contributed by atoms with Gasteiger partial charge in [0.25, 0.3) is 11.1 Å². The number of pyridine rings is 4.